The van der Waals surface area contributed by atoms with Crippen LogP contribution in [0.2, 0.25) is 0 Å². The van der Waals surface area contributed by atoms with Crippen molar-refractivity contribution in [3.63, 3.8) is 0 Å². The molecule has 29 rings (SSSR count). The van der Waals surface area contributed by atoms with Gasteiger partial charge in [0.25, 0.3) is 0 Å². The lowest BCUT2D eigenvalue weighted by atomic mass is 9.87. The maximum atomic E-state index is 6.11. The van der Waals surface area contributed by atoms with Crippen LogP contribution in [0.3, 0.4) is 0 Å². The zero-order valence-corrected chi connectivity index (χ0v) is 85.7. The maximum absolute atomic E-state index is 6.11. The third-order valence-corrected chi connectivity index (χ3v) is 31.7. The molecule has 0 radical (unpaired) electrons. The average molecular weight is 1900 g/mol. The predicted octanol–water partition coefficient (Wildman–Crippen LogP) is 38.8. The Hall–Kier alpha value is -16.0. The summed E-state index contributed by atoms with van der Waals surface area (Å²) in [6, 6.07) is 150. The van der Waals surface area contributed by atoms with E-state index in [0.717, 1.165) is 11.2 Å². The second-order valence-electron chi connectivity index (χ2n) is 43.8. The van der Waals surface area contributed by atoms with E-state index in [2.05, 4.69) is 536 Å². The Morgan fingerprint density at radius 2 is 0.500 bits per heavy atom. The number of thiophene rings is 2. The third-order valence-electron chi connectivity index (χ3n) is 29.4. The lowest BCUT2D eigenvalue weighted by Gasteiger charge is -2.24. The van der Waals surface area contributed by atoms with Gasteiger partial charge < -0.3 is 36.4 Å². The van der Waals surface area contributed by atoms with Crippen molar-refractivity contribution < 1.29 is 4.42 Å². The molecule has 144 heavy (non-hydrogen) atoms. The molecule has 702 valence electrons. The second-order valence-corrected chi connectivity index (χ2v) is 46.0. The quantitative estimate of drug-likeness (QED) is 0.173. The molecule has 10 heteroatoms. The van der Waals surface area contributed by atoms with E-state index < -0.39 is 0 Å². The number of hydrogen-bond acceptors (Lipinski definition) is 3. The fourth-order valence-electron chi connectivity index (χ4n) is 23.3. The fraction of sp³-hybridized carbons (Fsp3) is 0.149. The van der Waals surface area contributed by atoms with E-state index in [1.54, 1.807) is 0 Å². The van der Waals surface area contributed by atoms with Crippen LogP contribution in [0.15, 0.2) is 417 Å². The van der Waals surface area contributed by atoms with Gasteiger partial charge in [0, 0.05) is 194 Å². The first-order valence-corrected chi connectivity index (χ1v) is 52.1. The van der Waals surface area contributed by atoms with Gasteiger partial charge in [0.2, 0.25) is 0 Å². The van der Waals surface area contributed by atoms with Crippen molar-refractivity contribution >= 4 is 238 Å². The number of fused-ring (bicyclic) bond motifs is 31. The van der Waals surface area contributed by atoms with Crippen LogP contribution >= 0.6 is 22.7 Å². The molecule has 0 saturated carbocycles. The van der Waals surface area contributed by atoms with Gasteiger partial charge >= 0.3 is 0 Å². The Labute approximate surface area is 845 Å². The summed E-state index contributed by atoms with van der Waals surface area (Å²) in [5.41, 5.74) is 27.3. The molecular weight excluding hydrogens is 1790 g/mol. The fourth-order valence-corrected chi connectivity index (χ4v) is 25.7. The molecule has 10 heterocycles. The van der Waals surface area contributed by atoms with E-state index in [-0.39, 0.29) is 27.6 Å². The number of hydrogen-bond donors (Lipinski definition) is 0. The van der Waals surface area contributed by atoms with Gasteiger partial charge in [-0.05, 0) is 263 Å². The Morgan fingerprint density at radius 3 is 0.965 bits per heavy atom. The SMILES string of the molecule is CC(C)(C)c1ccc(-n2c3ccccc3c3cc(-c4ccc5c(c4)c4ccccc4n5-c4ccccc4)ccc32)cc1.CC(C)(C)n1c2ccccc2c2c3sc4ccccc4c3ccc21.CC(C)(C)n1c2ccccc2c2cc3c(cc21)oc1ccccc13.CC(C)(C)n1c2ccccc2c2cc3c(cc21)sc1ccccc13.CC(C)(C)n1c2ccccc2c2cc3c4ccccc4n(-c4ccccc4)c3cc21. The number of aromatic nitrogens is 7. The molecule has 0 saturated heterocycles. The Bertz CT molecular complexity index is 9940. The molecule has 0 aliphatic heterocycles. The summed E-state index contributed by atoms with van der Waals surface area (Å²) in [4.78, 5) is 0. The van der Waals surface area contributed by atoms with Crippen LogP contribution in [0.1, 0.15) is 109 Å². The predicted molar refractivity (Wildman–Crippen MR) is 624 cm³/mol. The molecule has 8 nitrogen and oxygen atoms in total. The van der Waals surface area contributed by atoms with Crippen molar-refractivity contribution in [1.29, 1.82) is 0 Å². The van der Waals surface area contributed by atoms with Crippen LogP contribution in [-0.4, -0.2) is 32.0 Å². The minimum atomic E-state index is -0.0153. The van der Waals surface area contributed by atoms with Crippen LogP contribution in [0.25, 0.3) is 243 Å². The number of para-hydroxylation sites is 10. The third kappa shape index (κ3) is 14.8. The molecule has 0 aliphatic rings. The summed E-state index contributed by atoms with van der Waals surface area (Å²) < 4.78 is 28.7. The largest absolute Gasteiger partial charge is 0.456 e. The molecule has 0 amide bonds. The standard InChI is InChI=1S/C40H32N2.C28H24N2.C22H19NO.2C22H19NS/c1-40(2,3)29-19-21-31(22-20-29)42-37-16-10-8-14-33(37)35-26-28(18-24-39(35)42)27-17-23-38-34(25-27)32-13-7-9-15-36(32)41(38)30-11-5-4-6-12-30;1-28(2,3)30-25-16-10-8-14-21(25)23-17-22-20-13-7-9-15-24(20)29(26(22)18-27(23)30)19-11-5-4-6-12-19;1-22(2,3)23-18-10-6-4-8-14(18)16-12-17-15-9-5-7-11-20(15)24-21(17)13-19(16)23;1-22(2,3)23-17-10-6-4-9-16(17)20-18(23)13-12-15-14-8-5-7-11-19(14)24-21(15)20;1-22(2,3)23-18-10-6-4-8-14(18)16-12-17-15-9-5-7-11-20(15)24-21(17)13-19(16)23/h4-26H,1-3H3;4-18H,1-3H3;3*4-13H,1-3H3. The van der Waals surface area contributed by atoms with Gasteiger partial charge in [0.1, 0.15) is 11.2 Å². The van der Waals surface area contributed by atoms with Crippen molar-refractivity contribution in [3.05, 3.63) is 418 Å². The lowest BCUT2D eigenvalue weighted by molar-refractivity contribution is 0.423. The first kappa shape index (κ1) is 89.4. The van der Waals surface area contributed by atoms with Gasteiger partial charge in [-0.3, -0.25) is 0 Å². The molecule has 0 unspecified atom stereocenters. The number of nitrogens with zero attached hydrogens (tertiary/aromatic N) is 7. The topological polar surface area (TPSA) is 47.6 Å². The van der Waals surface area contributed by atoms with Gasteiger partial charge in [0.05, 0.1) is 55.2 Å². The van der Waals surface area contributed by atoms with Crippen molar-refractivity contribution in [1.82, 2.24) is 32.0 Å². The van der Waals surface area contributed by atoms with Crippen molar-refractivity contribution in [2.24, 2.45) is 0 Å². The van der Waals surface area contributed by atoms with E-state index in [1.807, 2.05) is 34.8 Å². The van der Waals surface area contributed by atoms with Gasteiger partial charge in [-0.1, -0.05) is 269 Å². The van der Waals surface area contributed by atoms with Crippen molar-refractivity contribution in [2.45, 2.75) is 131 Å². The molecule has 0 atom stereocenters. The molecule has 0 spiro atoms. The van der Waals surface area contributed by atoms with E-state index >= 15 is 0 Å². The summed E-state index contributed by atoms with van der Waals surface area (Å²) >= 11 is 3.81. The molecule has 0 fully saturated rings. The number of furan rings is 1. The first-order valence-electron chi connectivity index (χ1n) is 50.4. The maximum Gasteiger partial charge on any atom is 0.137 e. The van der Waals surface area contributed by atoms with Gasteiger partial charge in [-0.2, -0.15) is 0 Å². The highest BCUT2D eigenvalue weighted by Gasteiger charge is 2.30. The lowest BCUT2D eigenvalue weighted by Crippen LogP contribution is -2.21. The van der Waals surface area contributed by atoms with E-state index in [1.165, 1.54) is 238 Å². The zero-order valence-electron chi connectivity index (χ0n) is 84.1. The highest BCUT2D eigenvalue weighted by molar-refractivity contribution is 7.27. The van der Waals surface area contributed by atoms with Crippen molar-refractivity contribution in [3.8, 4) is 28.2 Å². The van der Waals surface area contributed by atoms with Crippen LogP contribution in [0.4, 0.5) is 0 Å². The minimum absolute atomic E-state index is 0.00104. The van der Waals surface area contributed by atoms with Crippen LogP contribution in [-0.2, 0) is 27.6 Å². The Morgan fingerprint density at radius 1 is 0.181 bits per heavy atom. The van der Waals surface area contributed by atoms with Crippen molar-refractivity contribution in [2.75, 3.05) is 0 Å². The van der Waals surface area contributed by atoms with Crippen LogP contribution in [0.5, 0.6) is 0 Å². The normalized spacial score (nSPS) is 12.5. The monoisotopic (exact) mass is 1900 g/mol. The number of rotatable bonds is 4. The smallest absolute Gasteiger partial charge is 0.137 e. The van der Waals surface area contributed by atoms with Gasteiger partial charge in [0.15, 0.2) is 0 Å². The Balaban J connectivity index is 0.0000000961. The number of benzene rings is 19. The highest BCUT2D eigenvalue weighted by Crippen LogP contribution is 2.49. The van der Waals surface area contributed by atoms with Crippen LogP contribution in [0, 0.1) is 0 Å². The molecule has 0 bridgehead atoms. The highest BCUT2D eigenvalue weighted by atomic mass is 32.1. The summed E-state index contributed by atoms with van der Waals surface area (Å²) in [7, 11) is 0. The summed E-state index contributed by atoms with van der Waals surface area (Å²) in [6.07, 6.45) is 0. The minimum Gasteiger partial charge on any atom is -0.456 e. The molecule has 0 aliphatic carbocycles. The molecular formula is C134H113N7OS2. The first-order chi connectivity index (χ1) is 69.6. The van der Waals surface area contributed by atoms with E-state index in [9.17, 15) is 0 Å². The van der Waals surface area contributed by atoms with E-state index in [4.69, 9.17) is 4.42 Å². The zero-order chi connectivity index (χ0) is 98.3. The van der Waals surface area contributed by atoms with Crippen LogP contribution < -0.4 is 0 Å². The second kappa shape index (κ2) is 33.9. The van der Waals surface area contributed by atoms with E-state index in [0.29, 0.717) is 0 Å². The summed E-state index contributed by atoms with van der Waals surface area (Å²) in [5, 5.41) is 26.3. The average Bonchev–Trinajstić information content (AvgIpc) is 1.56. The summed E-state index contributed by atoms with van der Waals surface area (Å²) in [6.45, 7) is 34.1. The Kier molecular flexibility index (Phi) is 21.0. The molecule has 10 aromatic heterocycles. The molecule has 29 aromatic rings. The molecule has 0 N–H and O–H groups in total. The van der Waals surface area contributed by atoms with Gasteiger partial charge in [-0.25, -0.2) is 0 Å². The summed E-state index contributed by atoms with van der Waals surface area (Å²) in [5.74, 6) is 0. The molecule has 19 aromatic carbocycles. The van der Waals surface area contributed by atoms with Gasteiger partial charge in [-0.15, -0.1) is 22.7 Å².